The van der Waals surface area contributed by atoms with Crippen LogP contribution in [0.5, 0.6) is 0 Å². The largest absolute Gasteiger partial charge is 0.481 e. The fourth-order valence-corrected chi connectivity index (χ4v) is 4.57. The number of rotatable bonds is 7. The van der Waals surface area contributed by atoms with Crippen molar-refractivity contribution in [1.82, 2.24) is 4.90 Å². The Morgan fingerprint density at radius 3 is 2.30 bits per heavy atom. The Morgan fingerprint density at radius 2 is 1.76 bits per heavy atom. The van der Waals surface area contributed by atoms with E-state index in [4.69, 9.17) is 11.6 Å². The number of benzene rings is 2. The van der Waals surface area contributed by atoms with Gasteiger partial charge in [0.15, 0.2) is 0 Å². The van der Waals surface area contributed by atoms with Gasteiger partial charge in [-0.05, 0) is 66.6 Å². The molecule has 1 aliphatic rings. The summed E-state index contributed by atoms with van der Waals surface area (Å²) >= 11 is 6.09. The second-order valence-electron chi connectivity index (χ2n) is 8.99. The Labute approximate surface area is 197 Å². The molecule has 178 valence electrons. The first-order valence-corrected chi connectivity index (χ1v) is 11.5. The van der Waals surface area contributed by atoms with E-state index in [9.17, 15) is 23.1 Å². The molecule has 7 heteroatoms. The summed E-state index contributed by atoms with van der Waals surface area (Å²) < 4.78 is 39.3. The SMILES string of the molecule is CC(C)/C=C\[C@@H](c1ccc(Cl)cc1)N1CC[C@H](CC(=O)O)C[C@@H]1c1ccc(C(F)(F)F)cc1. The van der Waals surface area contributed by atoms with Gasteiger partial charge in [0.2, 0.25) is 0 Å². The standard InChI is InChI=1S/C26H29ClF3NO2/c1-17(2)3-12-23(19-6-10-22(27)11-7-19)31-14-13-18(16-25(32)33)15-24(31)20-4-8-21(9-5-20)26(28,29)30/h3-12,17-18,23-24H,13-16H2,1-2H3,(H,32,33)/b12-3-/t18-,23-,24+/m0/s1. The van der Waals surface area contributed by atoms with Crippen LogP contribution in [-0.2, 0) is 11.0 Å². The molecule has 0 unspecified atom stereocenters. The number of piperidine rings is 1. The van der Waals surface area contributed by atoms with Crippen molar-refractivity contribution in [3.05, 3.63) is 82.4 Å². The van der Waals surface area contributed by atoms with Crippen LogP contribution in [0.25, 0.3) is 0 Å². The first-order chi connectivity index (χ1) is 15.5. The van der Waals surface area contributed by atoms with E-state index >= 15 is 0 Å². The lowest BCUT2D eigenvalue weighted by Gasteiger charge is -2.43. The molecule has 0 aromatic heterocycles. The van der Waals surface area contributed by atoms with Gasteiger partial charge in [0, 0.05) is 17.5 Å². The van der Waals surface area contributed by atoms with Gasteiger partial charge in [0.1, 0.15) is 0 Å². The molecule has 0 amide bonds. The second kappa shape index (κ2) is 10.7. The molecule has 33 heavy (non-hydrogen) atoms. The van der Waals surface area contributed by atoms with Crippen molar-refractivity contribution in [1.29, 1.82) is 0 Å². The number of nitrogens with zero attached hydrogens (tertiary/aromatic N) is 1. The molecule has 2 aromatic carbocycles. The minimum absolute atomic E-state index is 0.0361. The van der Waals surface area contributed by atoms with Gasteiger partial charge < -0.3 is 5.11 Å². The monoisotopic (exact) mass is 479 g/mol. The molecule has 1 fully saturated rings. The second-order valence-corrected chi connectivity index (χ2v) is 9.42. The van der Waals surface area contributed by atoms with Gasteiger partial charge in [-0.25, -0.2) is 0 Å². The van der Waals surface area contributed by atoms with Crippen LogP contribution in [0.2, 0.25) is 5.02 Å². The Balaban J connectivity index is 2.00. The van der Waals surface area contributed by atoms with Gasteiger partial charge in [-0.3, -0.25) is 9.69 Å². The highest BCUT2D eigenvalue weighted by Gasteiger charge is 2.36. The summed E-state index contributed by atoms with van der Waals surface area (Å²) in [5.41, 5.74) is 1.10. The van der Waals surface area contributed by atoms with Gasteiger partial charge >= 0.3 is 12.1 Å². The fraction of sp³-hybridized carbons (Fsp3) is 0.423. The number of hydrogen-bond acceptors (Lipinski definition) is 2. The predicted octanol–water partition coefficient (Wildman–Crippen LogP) is 7.54. The Kier molecular flexibility index (Phi) is 8.24. The third-order valence-electron chi connectivity index (χ3n) is 6.09. The zero-order chi connectivity index (χ0) is 24.2. The van der Waals surface area contributed by atoms with Crippen LogP contribution in [-0.4, -0.2) is 22.5 Å². The highest BCUT2D eigenvalue weighted by atomic mass is 35.5. The van der Waals surface area contributed by atoms with Gasteiger partial charge in [0.25, 0.3) is 0 Å². The highest BCUT2D eigenvalue weighted by molar-refractivity contribution is 6.30. The van der Waals surface area contributed by atoms with E-state index in [1.807, 2.05) is 24.3 Å². The summed E-state index contributed by atoms with van der Waals surface area (Å²) in [7, 11) is 0. The maximum Gasteiger partial charge on any atom is 0.416 e. The van der Waals surface area contributed by atoms with E-state index in [2.05, 4.69) is 30.9 Å². The molecule has 1 heterocycles. The number of aliphatic carboxylic acids is 1. The van der Waals surface area contributed by atoms with Crippen molar-refractivity contribution >= 4 is 17.6 Å². The molecule has 0 radical (unpaired) electrons. The van der Waals surface area contributed by atoms with Crippen molar-refractivity contribution in [3.8, 4) is 0 Å². The molecule has 0 aliphatic carbocycles. The topological polar surface area (TPSA) is 40.5 Å². The van der Waals surface area contributed by atoms with E-state index in [0.29, 0.717) is 30.3 Å². The lowest BCUT2D eigenvalue weighted by Crippen LogP contribution is -2.39. The summed E-state index contributed by atoms with van der Waals surface area (Å²) in [5.74, 6) is -0.562. The van der Waals surface area contributed by atoms with Crippen LogP contribution in [0.4, 0.5) is 13.2 Å². The number of carboxylic acids is 1. The van der Waals surface area contributed by atoms with Crippen molar-refractivity contribution in [3.63, 3.8) is 0 Å². The lowest BCUT2D eigenvalue weighted by atomic mass is 9.83. The maximum atomic E-state index is 13.1. The van der Waals surface area contributed by atoms with Gasteiger partial charge in [-0.2, -0.15) is 13.2 Å². The molecule has 3 nitrogen and oxygen atoms in total. The molecule has 1 aliphatic heterocycles. The zero-order valence-corrected chi connectivity index (χ0v) is 19.5. The van der Waals surface area contributed by atoms with Crippen LogP contribution in [0.15, 0.2) is 60.7 Å². The molecule has 0 saturated carbocycles. The van der Waals surface area contributed by atoms with E-state index in [-0.39, 0.29) is 24.4 Å². The average Bonchev–Trinajstić information content (AvgIpc) is 2.74. The molecule has 1 N–H and O–H groups in total. The first-order valence-electron chi connectivity index (χ1n) is 11.1. The van der Waals surface area contributed by atoms with Crippen LogP contribution < -0.4 is 0 Å². The fourth-order valence-electron chi connectivity index (χ4n) is 4.44. The van der Waals surface area contributed by atoms with Crippen molar-refractivity contribution in [2.75, 3.05) is 6.54 Å². The number of allylic oxidation sites excluding steroid dienone is 1. The lowest BCUT2D eigenvalue weighted by molar-refractivity contribution is -0.139. The van der Waals surface area contributed by atoms with Crippen LogP contribution in [0.1, 0.15) is 61.9 Å². The van der Waals surface area contributed by atoms with Gasteiger partial charge in [0.05, 0.1) is 11.6 Å². The minimum Gasteiger partial charge on any atom is -0.481 e. The molecule has 2 aromatic rings. The van der Waals surface area contributed by atoms with Crippen LogP contribution in [0.3, 0.4) is 0 Å². The first kappa shape index (κ1) is 25.3. The Morgan fingerprint density at radius 1 is 1.12 bits per heavy atom. The number of hydrogen-bond donors (Lipinski definition) is 1. The van der Waals surface area contributed by atoms with E-state index in [0.717, 1.165) is 23.3 Å². The van der Waals surface area contributed by atoms with E-state index < -0.39 is 17.7 Å². The van der Waals surface area contributed by atoms with E-state index in [1.54, 1.807) is 0 Å². The summed E-state index contributed by atoms with van der Waals surface area (Å²) in [6.07, 6.45) is 1.18. The molecule has 3 rings (SSSR count). The molecular weight excluding hydrogens is 451 g/mol. The van der Waals surface area contributed by atoms with Crippen molar-refractivity contribution < 1.29 is 23.1 Å². The number of alkyl halides is 3. The molecule has 3 atom stereocenters. The van der Waals surface area contributed by atoms with Gasteiger partial charge in [-0.15, -0.1) is 0 Å². The summed E-state index contributed by atoms with van der Waals surface area (Å²) in [4.78, 5) is 13.6. The van der Waals surface area contributed by atoms with E-state index in [1.165, 1.54) is 12.1 Å². The van der Waals surface area contributed by atoms with Crippen LogP contribution >= 0.6 is 11.6 Å². The third-order valence-corrected chi connectivity index (χ3v) is 6.34. The predicted molar refractivity (Wildman–Crippen MR) is 124 cm³/mol. The minimum atomic E-state index is -4.40. The number of carboxylic acid groups (broad SMARTS) is 1. The smallest absolute Gasteiger partial charge is 0.416 e. The molecule has 1 saturated heterocycles. The summed E-state index contributed by atoms with van der Waals surface area (Å²) in [6.45, 7) is 4.81. The average molecular weight is 480 g/mol. The van der Waals surface area contributed by atoms with Gasteiger partial charge in [-0.1, -0.05) is 61.9 Å². The highest BCUT2D eigenvalue weighted by Crippen LogP contribution is 2.42. The maximum absolute atomic E-state index is 13.1. The Hall–Kier alpha value is -2.31. The number of likely N-dealkylation sites (tertiary alicyclic amines) is 1. The quantitative estimate of drug-likeness (QED) is 0.417. The molecule has 0 bridgehead atoms. The summed E-state index contributed by atoms with van der Waals surface area (Å²) in [6, 6.07) is 12.5. The normalized spacial score (nSPS) is 20.9. The summed E-state index contributed by atoms with van der Waals surface area (Å²) in [5, 5.41) is 9.94. The Bertz CT molecular complexity index is 955. The van der Waals surface area contributed by atoms with Crippen LogP contribution in [0, 0.1) is 11.8 Å². The molecule has 0 spiro atoms. The number of carbonyl (C=O) groups is 1. The van der Waals surface area contributed by atoms with Crippen molar-refractivity contribution in [2.45, 2.75) is 51.4 Å². The third kappa shape index (κ3) is 6.84. The van der Waals surface area contributed by atoms with Crippen molar-refractivity contribution in [2.24, 2.45) is 11.8 Å². The number of halogens is 4. The zero-order valence-electron chi connectivity index (χ0n) is 18.7. The molecular formula is C26H29ClF3NO2.